The molecule has 0 unspecified atom stereocenters. The molecule has 114 valence electrons. The minimum Gasteiger partial charge on any atom is -0.492 e. The average Bonchev–Trinajstić information content (AvgIpc) is 3.28. The Morgan fingerprint density at radius 1 is 1.13 bits per heavy atom. The van der Waals surface area contributed by atoms with Crippen molar-refractivity contribution in [2.45, 2.75) is 12.8 Å². The number of furan rings is 1. The van der Waals surface area contributed by atoms with Gasteiger partial charge in [0.1, 0.15) is 17.3 Å². The van der Waals surface area contributed by atoms with Crippen LogP contribution in [0.4, 0.5) is 5.69 Å². The number of aromatic hydroxyl groups is 1. The maximum Gasteiger partial charge on any atom is 0.237 e. The van der Waals surface area contributed by atoms with E-state index < -0.39 is 0 Å². The van der Waals surface area contributed by atoms with Crippen LogP contribution in [0.1, 0.15) is 22.8 Å². The van der Waals surface area contributed by atoms with Gasteiger partial charge in [-0.3, -0.25) is 4.99 Å². The lowest BCUT2D eigenvalue weighted by Crippen LogP contribution is -1.92. The second-order valence-electron chi connectivity index (χ2n) is 5.38. The highest BCUT2D eigenvalue weighted by Crippen LogP contribution is 2.32. The predicted octanol–water partition coefficient (Wildman–Crippen LogP) is 3.75. The van der Waals surface area contributed by atoms with E-state index in [4.69, 9.17) is 4.42 Å². The number of rotatable bonds is 4. The maximum atomic E-state index is 10.0. The van der Waals surface area contributed by atoms with Crippen LogP contribution in [-0.4, -0.2) is 21.3 Å². The summed E-state index contributed by atoms with van der Waals surface area (Å²) in [5, 5.41) is 10.0. The summed E-state index contributed by atoms with van der Waals surface area (Å²) in [6, 6.07) is 11.7. The van der Waals surface area contributed by atoms with E-state index >= 15 is 0 Å². The summed E-state index contributed by atoms with van der Waals surface area (Å²) in [6.07, 6.45) is 6.73. The highest BCUT2D eigenvalue weighted by molar-refractivity contribution is 6.21. The molecule has 0 radical (unpaired) electrons. The number of aliphatic imine (C=N–C) groups is 1. The number of aromatic nitrogens is 2. The van der Waals surface area contributed by atoms with Gasteiger partial charge in [0, 0.05) is 30.2 Å². The van der Waals surface area contributed by atoms with Crippen LogP contribution >= 0.6 is 0 Å². The molecule has 0 aliphatic carbocycles. The molecule has 0 saturated carbocycles. The van der Waals surface area contributed by atoms with Gasteiger partial charge >= 0.3 is 0 Å². The second kappa shape index (κ2) is 5.61. The minimum atomic E-state index is 0.00438. The molecule has 4 rings (SSSR count). The van der Waals surface area contributed by atoms with Crippen LogP contribution < -0.4 is 0 Å². The van der Waals surface area contributed by atoms with E-state index in [2.05, 4.69) is 15.0 Å². The Hall–Kier alpha value is -3.08. The summed E-state index contributed by atoms with van der Waals surface area (Å²) in [7, 11) is 0. The molecule has 2 aromatic heterocycles. The Bertz CT molecular complexity index is 889. The normalized spacial score (nSPS) is 14.5. The molecule has 0 spiro atoms. The largest absolute Gasteiger partial charge is 0.492 e. The summed E-state index contributed by atoms with van der Waals surface area (Å²) in [6.45, 7) is 0. The third-order valence-electron chi connectivity index (χ3n) is 3.81. The fourth-order valence-corrected chi connectivity index (χ4v) is 2.65. The molecule has 0 bridgehead atoms. The summed E-state index contributed by atoms with van der Waals surface area (Å²) in [4.78, 5) is 11.7. The number of imidazole rings is 1. The Labute approximate surface area is 133 Å². The number of para-hydroxylation sites is 1. The highest BCUT2D eigenvalue weighted by Gasteiger charge is 2.14. The number of nitrogens with zero attached hydrogens (tertiary/aromatic N) is 2. The Morgan fingerprint density at radius 2 is 2.04 bits per heavy atom. The number of hydrogen-bond donors (Lipinski definition) is 2. The first kappa shape index (κ1) is 13.6. The third-order valence-corrected chi connectivity index (χ3v) is 3.81. The Balaban J connectivity index is 1.56. The number of H-pyrrole nitrogens is 1. The molecule has 3 heterocycles. The van der Waals surface area contributed by atoms with Crippen molar-refractivity contribution in [3.63, 3.8) is 0 Å². The van der Waals surface area contributed by atoms with Crippen molar-refractivity contribution < 1.29 is 9.52 Å². The molecule has 5 heteroatoms. The van der Waals surface area contributed by atoms with Crippen LogP contribution in [-0.2, 0) is 12.8 Å². The zero-order chi connectivity index (χ0) is 15.6. The van der Waals surface area contributed by atoms with E-state index in [1.165, 1.54) is 0 Å². The van der Waals surface area contributed by atoms with E-state index in [9.17, 15) is 5.11 Å². The van der Waals surface area contributed by atoms with Gasteiger partial charge in [-0.15, -0.1) is 0 Å². The first-order chi connectivity index (χ1) is 11.3. The molecule has 5 nitrogen and oxygen atoms in total. The summed E-state index contributed by atoms with van der Waals surface area (Å²) < 4.78 is 5.31. The van der Waals surface area contributed by atoms with Crippen LogP contribution in [0.2, 0.25) is 0 Å². The number of benzene rings is 1. The van der Waals surface area contributed by atoms with Crippen LogP contribution in [0.25, 0.3) is 11.6 Å². The first-order valence-electron chi connectivity index (χ1n) is 7.45. The Morgan fingerprint density at radius 3 is 2.91 bits per heavy atom. The first-order valence-corrected chi connectivity index (χ1v) is 7.45. The van der Waals surface area contributed by atoms with Crippen molar-refractivity contribution in [1.82, 2.24) is 9.97 Å². The van der Waals surface area contributed by atoms with Gasteiger partial charge in [0.25, 0.3) is 0 Å². The van der Waals surface area contributed by atoms with Crippen LogP contribution in [0.15, 0.2) is 52.1 Å². The SMILES string of the molecule is Oc1nc(CCc2ccco2)[nH]c1/C=C1\C=Nc2ccccc21. The number of fused-ring (bicyclic) bond motifs is 1. The second-order valence-corrected chi connectivity index (χ2v) is 5.38. The lowest BCUT2D eigenvalue weighted by molar-refractivity contribution is 0.453. The van der Waals surface area contributed by atoms with E-state index in [1.807, 2.05) is 42.5 Å². The number of aryl methyl sites for hydroxylation is 2. The molecule has 0 saturated heterocycles. The van der Waals surface area contributed by atoms with Gasteiger partial charge in [-0.25, -0.2) is 0 Å². The van der Waals surface area contributed by atoms with Gasteiger partial charge in [-0.1, -0.05) is 18.2 Å². The predicted molar refractivity (Wildman–Crippen MR) is 88.8 cm³/mol. The van der Waals surface area contributed by atoms with E-state index in [0.29, 0.717) is 12.1 Å². The summed E-state index contributed by atoms with van der Waals surface area (Å²) in [5.74, 6) is 1.64. The topological polar surface area (TPSA) is 74.4 Å². The Kier molecular flexibility index (Phi) is 3.31. The van der Waals surface area contributed by atoms with Gasteiger partial charge in [-0.05, 0) is 24.3 Å². The van der Waals surface area contributed by atoms with Crippen molar-refractivity contribution in [2.75, 3.05) is 0 Å². The summed E-state index contributed by atoms with van der Waals surface area (Å²) >= 11 is 0. The van der Waals surface area contributed by atoms with Gasteiger partial charge in [-0.2, -0.15) is 4.98 Å². The van der Waals surface area contributed by atoms with Crippen LogP contribution in [0, 0.1) is 0 Å². The fraction of sp³-hybridized carbons (Fsp3) is 0.111. The smallest absolute Gasteiger partial charge is 0.237 e. The fourth-order valence-electron chi connectivity index (χ4n) is 2.65. The monoisotopic (exact) mass is 305 g/mol. The molecule has 2 N–H and O–H groups in total. The molecule has 1 aliphatic heterocycles. The number of nitrogens with one attached hydrogen (secondary N) is 1. The van der Waals surface area contributed by atoms with Gasteiger partial charge in [0.05, 0.1) is 12.0 Å². The average molecular weight is 305 g/mol. The molecule has 0 amide bonds. The lowest BCUT2D eigenvalue weighted by Gasteiger charge is -1.98. The number of hydrogen-bond acceptors (Lipinski definition) is 4. The van der Waals surface area contributed by atoms with E-state index in [-0.39, 0.29) is 5.88 Å². The molecule has 1 aromatic carbocycles. The quantitative estimate of drug-likeness (QED) is 0.771. The van der Waals surface area contributed by atoms with Crippen molar-refractivity contribution in [3.05, 3.63) is 65.5 Å². The zero-order valence-corrected chi connectivity index (χ0v) is 12.4. The van der Waals surface area contributed by atoms with E-state index in [1.54, 1.807) is 12.5 Å². The molecule has 23 heavy (non-hydrogen) atoms. The lowest BCUT2D eigenvalue weighted by atomic mass is 10.1. The molecule has 0 atom stereocenters. The van der Waals surface area contributed by atoms with Crippen molar-refractivity contribution in [1.29, 1.82) is 0 Å². The molecular weight excluding hydrogens is 290 g/mol. The zero-order valence-electron chi connectivity index (χ0n) is 12.4. The van der Waals surface area contributed by atoms with Gasteiger partial charge in [0.2, 0.25) is 5.88 Å². The van der Waals surface area contributed by atoms with Gasteiger partial charge in [0.15, 0.2) is 0 Å². The summed E-state index contributed by atoms with van der Waals surface area (Å²) in [5.41, 5.74) is 3.55. The third kappa shape index (κ3) is 2.68. The maximum absolute atomic E-state index is 10.0. The number of allylic oxidation sites excluding steroid dienone is 1. The van der Waals surface area contributed by atoms with Crippen molar-refractivity contribution in [2.24, 2.45) is 4.99 Å². The molecular formula is C18H15N3O2. The standard InChI is InChI=1S/C18H15N3O2/c22-18-16(10-12-11-19-15-6-2-1-5-14(12)15)20-17(21-18)8-7-13-4-3-9-23-13/h1-6,9-11,22H,7-8H2,(H,20,21)/b12-10+. The van der Waals surface area contributed by atoms with Crippen molar-refractivity contribution in [3.8, 4) is 5.88 Å². The van der Waals surface area contributed by atoms with Crippen molar-refractivity contribution >= 4 is 23.6 Å². The molecule has 0 fully saturated rings. The van der Waals surface area contributed by atoms with Crippen LogP contribution in [0.3, 0.4) is 0 Å². The van der Waals surface area contributed by atoms with Crippen LogP contribution in [0.5, 0.6) is 5.88 Å². The number of aromatic amines is 1. The molecule has 3 aromatic rings. The van der Waals surface area contributed by atoms with E-state index in [0.717, 1.165) is 34.8 Å². The van der Waals surface area contributed by atoms with Gasteiger partial charge < -0.3 is 14.5 Å². The molecule has 1 aliphatic rings. The minimum absolute atomic E-state index is 0.00438. The highest BCUT2D eigenvalue weighted by atomic mass is 16.3.